The minimum Gasteiger partial charge on any atom is -0.489 e. The fourth-order valence-corrected chi connectivity index (χ4v) is 5.89. The van der Waals surface area contributed by atoms with E-state index in [2.05, 4.69) is 22.2 Å². The summed E-state index contributed by atoms with van der Waals surface area (Å²) in [5, 5.41) is 3.95. The molecule has 31 heavy (non-hydrogen) atoms. The van der Waals surface area contributed by atoms with Crippen molar-refractivity contribution in [1.29, 1.82) is 0 Å². The standard InChI is InChI=1S/C23H20FN3O2S2/c1-27-11-10-17-19(12-27)31-23(25-17)26-22(28)21-15(13-29-14-6-3-2-4-7-14)20-16(24)8-5-9-18(20)30-21/h2-9H,10-13H2,1H3,(H,25,26,28). The summed E-state index contributed by atoms with van der Waals surface area (Å²) in [6, 6.07) is 14.2. The first-order valence-electron chi connectivity index (χ1n) is 9.94. The molecule has 4 aromatic rings. The van der Waals surface area contributed by atoms with Crippen LogP contribution in [-0.2, 0) is 19.6 Å². The number of thiazole rings is 1. The molecule has 158 valence electrons. The third-order valence-electron chi connectivity index (χ3n) is 5.24. The van der Waals surface area contributed by atoms with Crippen LogP contribution in [0, 0.1) is 5.82 Å². The number of likely N-dealkylation sites (N-methyl/N-ethyl adjacent to an activating group) is 1. The Hall–Kier alpha value is -2.81. The van der Waals surface area contributed by atoms with Gasteiger partial charge in [-0.1, -0.05) is 24.3 Å². The highest BCUT2D eigenvalue weighted by molar-refractivity contribution is 7.21. The second-order valence-electron chi connectivity index (χ2n) is 7.46. The van der Waals surface area contributed by atoms with Gasteiger partial charge in [-0.05, 0) is 31.3 Å². The number of ether oxygens (including phenoxy) is 1. The number of rotatable bonds is 5. The third kappa shape index (κ3) is 4.06. The summed E-state index contributed by atoms with van der Waals surface area (Å²) < 4.78 is 21.3. The van der Waals surface area contributed by atoms with Gasteiger partial charge in [0.15, 0.2) is 5.13 Å². The van der Waals surface area contributed by atoms with E-state index in [4.69, 9.17) is 4.74 Å². The number of halogens is 1. The quantitative estimate of drug-likeness (QED) is 0.445. The number of carbonyl (C=O) groups excluding carboxylic acids is 1. The minimum atomic E-state index is -0.354. The normalized spacial score (nSPS) is 13.9. The first-order chi connectivity index (χ1) is 15.1. The van der Waals surface area contributed by atoms with E-state index < -0.39 is 0 Å². The first kappa shape index (κ1) is 20.1. The van der Waals surface area contributed by atoms with E-state index in [0.29, 0.717) is 26.7 Å². The number of aromatic nitrogens is 1. The molecule has 2 aromatic heterocycles. The van der Waals surface area contributed by atoms with Crippen LogP contribution >= 0.6 is 22.7 Å². The van der Waals surface area contributed by atoms with E-state index >= 15 is 0 Å². The molecule has 8 heteroatoms. The lowest BCUT2D eigenvalue weighted by Gasteiger charge is -2.20. The monoisotopic (exact) mass is 453 g/mol. The fraction of sp³-hybridized carbons (Fsp3) is 0.217. The maximum absolute atomic E-state index is 14.7. The minimum absolute atomic E-state index is 0.104. The van der Waals surface area contributed by atoms with Crippen molar-refractivity contribution in [2.75, 3.05) is 18.9 Å². The number of anilines is 1. The Morgan fingerprint density at radius 3 is 2.87 bits per heavy atom. The zero-order chi connectivity index (χ0) is 21.4. The van der Waals surface area contributed by atoms with Crippen LogP contribution < -0.4 is 10.1 Å². The molecule has 5 nitrogen and oxygen atoms in total. The van der Waals surface area contributed by atoms with Gasteiger partial charge in [0.2, 0.25) is 0 Å². The van der Waals surface area contributed by atoms with E-state index in [1.54, 1.807) is 6.07 Å². The average molecular weight is 454 g/mol. The number of amides is 1. The Balaban J connectivity index is 1.45. The maximum Gasteiger partial charge on any atom is 0.267 e. The summed E-state index contributed by atoms with van der Waals surface area (Å²) in [6.07, 6.45) is 0.877. The van der Waals surface area contributed by atoms with E-state index in [1.165, 1.54) is 33.6 Å². The topological polar surface area (TPSA) is 54.5 Å². The molecule has 5 rings (SSSR count). The van der Waals surface area contributed by atoms with Gasteiger partial charge in [-0.2, -0.15) is 0 Å². The number of para-hydroxylation sites is 1. The van der Waals surface area contributed by atoms with Crippen molar-refractivity contribution in [2.24, 2.45) is 0 Å². The number of nitrogens with zero attached hydrogens (tertiary/aromatic N) is 2. The van der Waals surface area contributed by atoms with E-state index in [1.807, 2.05) is 36.4 Å². The molecule has 0 fully saturated rings. The Labute approximate surface area is 187 Å². The summed E-state index contributed by atoms with van der Waals surface area (Å²) in [5.41, 5.74) is 1.61. The number of thiophene rings is 1. The highest BCUT2D eigenvalue weighted by Crippen LogP contribution is 2.35. The van der Waals surface area contributed by atoms with Crippen LogP contribution in [0.15, 0.2) is 48.5 Å². The van der Waals surface area contributed by atoms with Gasteiger partial charge in [0.1, 0.15) is 23.1 Å². The number of hydrogen-bond acceptors (Lipinski definition) is 6. The lowest BCUT2D eigenvalue weighted by Crippen LogP contribution is -2.25. The van der Waals surface area contributed by atoms with Gasteiger partial charge in [-0.15, -0.1) is 22.7 Å². The Kier molecular flexibility index (Phi) is 5.43. The van der Waals surface area contributed by atoms with Crippen LogP contribution in [0.25, 0.3) is 10.1 Å². The maximum atomic E-state index is 14.7. The van der Waals surface area contributed by atoms with Crippen molar-refractivity contribution in [3.8, 4) is 5.75 Å². The highest BCUT2D eigenvalue weighted by atomic mass is 32.1. The van der Waals surface area contributed by atoms with Crippen LogP contribution in [0.2, 0.25) is 0 Å². The van der Waals surface area contributed by atoms with Crippen molar-refractivity contribution >= 4 is 43.8 Å². The van der Waals surface area contributed by atoms with E-state index in [-0.39, 0.29) is 18.3 Å². The fourth-order valence-electron chi connectivity index (χ4n) is 3.69. The van der Waals surface area contributed by atoms with Crippen LogP contribution in [0.3, 0.4) is 0 Å². The molecule has 0 radical (unpaired) electrons. The summed E-state index contributed by atoms with van der Waals surface area (Å²) in [6.45, 7) is 1.90. The Bertz CT molecular complexity index is 1250. The van der Waals surface area contributed by atoms with Gasteiger partial charge >= 0.3 is 0 Å². The Morgan fingerprint density at radius 1 is 1.19 bits per heavy atom. The molecule has 1 N–H and O–H groups in total. The molecular formula is C23H20FN3O2S2. The van der Waals surface area contributed by atoms with Crippen molar-refractivity contribution in [3.05, 3.63) is 75.4 Å². The predicted octanol–water partition coefficient (Wildman–Crippen LogP) is 5.32. The Morgan fingerprint density at radius 2 is 2.03 bits per heavy atom. The lowest BCUT2D eigenvalue weighted by molar-refractivity contribution is 0.102. The van der Waals surface area contributed by atoms with Crippen molar-refractivity contribution in [1.82, 2.24) is 9.88 Å². The summed E-state index contributed by atoms with van der Waals surface area (Å²) in [5.74, 6) is 0.0280. The van der Waals surface area contributed by atoms with Crippen LogP contribution in [0.1, 0.15) is 25.8 Å². The summed E-state index contributed by atoms with van der Waals surface area (Å²) in [4.78, 5) is 21.6. The molecule has 1 aliphatic rings. The number of nitrogens with one attached hydrogen (secondary N) is 1. The van der Waals surface area contributed by atoms with Gasteiger partial charge in [0.25, 0.3) is 5.91 Å². The van der Waals surface area contributed by atoms with Gasteiger partial charge in [-0.25, -0.2) is 9.37 Å². The molecular weight excluding hydrogens is 433 g/mol. The lowest BCUT2D eigenvalue weighted by atomic mass is 10.1. The zero-order valence-corrected chi connectivity index (χ0v) is 18.5. The van der Waals surface area contributed by atoms with Crippen molar-refractivity contribution in [3.63, 3.8) is 0 Å². The van der Waals surface area contributed by atoms with Gasteiger partial charge in [0.05, 0.1) is 5.69 Å². The van der Waals surface area contributed by atoms with Crippen LogP contribution in [0.4, 0.5) is 9.52 Å². The average Bonchev–Trinajstić information content (AvgIpc) is 3.34. The molecule has 0 saturated carbocycles. The van der Waals surface area contributed by atoms with Crippen LogP contribution in [-0.4, -0.2) is 29.4 Å². The van der Waals surface area contributed by atoms with E-state index in [9.17, 15) is 9.18 Å². The molecule has 0 bridgehead atoms. The first-order valence-corrected chi connectivity index (χ1v) is 11.6. The van der Waals surface area contributed by atoms with E-state index in [0.717, 1.165) is 29.9 Å². The molecule has 0 aliphatic carbocycles. The number of benzene rings is 2. The second kappa shape index (κ2) is 8.37. The predicted molar refractivity (Wildman–Crippen MR) is 123 cm³/mol. The molecule has 0 spiro atoms. The smallest absolute Gasteiger partial charge is 0.267 e. The number of carbonyl (C=O) groups is 1. The molecule has 0 atom stereocenters. The zero-order valence-electron chi connectivity index (χ0n) is 16.9. The highest BCUT2D eigenvalue weighted by Gasteiger charge is 2.24. The van der Waals surface area contributed by atoms with Gasteiger partial charge in [-0.3, -0.25) is 10.1 Å². The molecule has 2 aromatic carbocycles. The van der Waals surface area contributed by atoms with Gasteiger partial charge < -0.3 is 9.64 Å². The molecule has 0 unspecified atom stereocenters. The molecule has 3 heterocycles. The molecule has 0 saturated heterocycles. The summed E-state index contributed by atoms with van der Waals surface area (Å²) >= 11 is 2.78. The van der Waals surface area contributed by atoms with Crippen molar-refractivity contribution in [2.45, 2.75) is 19.6 Å². The number of hydrogen-bond donors (Lipinski definition) is 1. The largest absolute Gasteiger partial charge is 0.489 e. The number of fused-ring (bicyclic) bond motifs is 2. The molecule has 1 aliphatic heterocycles. The van der Waals surface area contributed by atoms with Crippen molar-refractivity contribution < 1.29 is 13.9 Å². The molecule has 1 amide bonds. The third-order valence-corrected chi connectivity index (χ3v) is 7.43. The second-order valence-corrected chi connectivity index (χ2v) is 9.59. The van der Waals surface area contributed by atoms with Gasteiger partial charge in [0, 0.05) is 40.0 Å². The van der Waals surface area contributed by atoms with Crippen LogP contribution in [0.5, 0.6) is 5.75 Å². The SMILES string of the molecule is CN1CCc2nc(NC(=O)c3sc4cccc(F)c4c3COc3ccccc3)sc2C1. The summed E-state index contributed by atoms with van der Waals surface area (Å²) in [7, 11) is 2.08.